The van der Waals surface area contributed by atoms with E-state index >= 15 is 0 Å². The Kier molecular flexibility index (Phi) is 5.74. The van der Waals surface area contributed by atoms with Crippen molar-refractivity contribution in [3.8, 4) is 0 Å². The predicted octanol–water partition coefficient (Wildman–Crippen LogP) is 4.88. The number of halogens is 1. The number of rotatable bonds is 6. The van der Waals surface area contributed by atoms with Crippen molar-refractivity contribution in [2.45, 2.75) is 25.0 Å². The van der Waals surface area contributed by atoms with E-state index in [0.29, 0.717) is 6.04 Å². The van der Waals surface area contributed by atoms with E-state index in [9.17, 15) is 0 Å². The summed E-state index contributed by atoms with van der Waals surface area (Å²) < 4.78 is 0. The molecule has 2 unspecified atom stereocenters. The lowest BCUT2D eigenvalue weighted by Crippen LogP contribution is -2.38. The summed E-state index contributed by atoms with van der Waals surface area (Å²) in [7, 11) is 0. The molecule has 4 rings (SSSR count). The summed E-state index contributed by atoms with van der Waals surface area (Å²) in [6, 6.07) is 23.3. The average molecular weight is 380 g/mol. The van der Waals surface area contributed by atoms with Crippen molar-refractivity contribution in [3.63, 3.8) is 0 Å². The summed E-state index contributed by atoms with van der Waals surface area (Å²) >= 11 is 6.09. The van der Waals surface area contributed by atoms with E-state index in [0.717, 1.165) is 30.2 Å². The highest BCUT2D eigenvalue weighted by molar-refractivity contribution is 6.30. The van der Waals surface area contributed by atoms with E-state index in [1.165, 1.54) is 29.2 Å². The highest BCUT2D eigenvalue weighted by atomic mass is 35.5. The Labute approximate surface area is 166 Å². The van der Waals surface area contributed by atoms with Crippen LogP contribution in [0, 0.1) is 0 Å². The van der Waals surface area contributed by atoms with Gasteiger partial charge in [0.15, 0.2) is 0 Å². The lowest BCUT2D eigenvalue weighted by molar-refractivity contribution is 0.233. The van der Waals surface area contributed by atoms with Crippen molar-refractivity contribution >= 4 is 22.4 Å². The summed E-state index contributed by atoms with van der Waals surface area (Å²) in [6.45, 7) is 3.09. The molecule has 1 aliphatic rings. The molecule has 0 aromatic heterocycles. The van der Waals surface area contributed by atoms with Crippen LogP contribution in [0.2, 0.25) is 5.02 Å². The van der Waals surface area contributed by atoms with Crippen LogP contribution in [0.4, 0.5) is 0 Å². The first-order chi connectivity index (χ1) is 13.2. The number of nitrogens with one attached hydrogen (secondary N) is 1. The molecule has 1 fully saturated rings. The van der Waals surface area contributed by atoms with Crippen LogP contribution in [0.15, 0.2) is 66.7 Å². The van der Waals surface area contributed by atoms with Crippen LogP contribution in [0.1, 0.15) is 36.2 Å². The molecule has 0 spiro atoms. The highest BCUT2D eigenvalue weighted by Crippen LogP contribution is 2.27. The molecule has 2 atom stereocenters. The average Bonchev–Trinajstić information content (AvgIpc) is 3.23. The fraction of sp³-hybridized carbons (Fsp3) is 0.304. The molecule has 0 bridgehead atoms. The van der Waals surface area contributed by atoms with Crippen molar-refractivity contribution in [2.75, 3.05) is 19.6 Å². The topological polar surface area (TPSA) is 41.3 Å². The Hall–Kier alpha value is -1.91. The molecule has 1 heterocycles. The summed E-state index contributed by atoms with van der Waals surface area (Å²) in [5, 5.41) is 6.80. The second kappa shape index (κ2) is 8.41. The number of likely N-dealkylation sites (tertiary alicyclic amines) is 1. The smallest absolute Gasteiger partial charge is 0.0816 e. The maximum Gasteiger partial charge on any atom is 0.0816 e. The monoisotopic (exact) mass is 379 g/mol. The second-order valence-corrected chi connectivity index (χ2v) is 7.70. The van der Waals surface area contributed by atoms with Crippen molar-refractivity contribution in [1.29, 1.82) is 0 Å². The van der Waals surface area contributed by atoms with Gasteiger partial charge in [-0.25, -0.2) is 0 Å². The molecule has 3 nitrogen and oxygen atoms in total. The Bertz CT molecular complexity index is 882. The molecule has 0 aliphatic carbocycles. The zero-order valence-corrected chi connectivity index (χ0v) is 16.2. The van der Waals surface area contributed by atoms with E-state index in [1.807, 2.05) is 12.1 Å². The number of hydrogen-bond donors (Lipinski definition) is 2. The van der Waals surface area contributed by atoms with E-state index < -0.39 is 0 Å². The van der Waals surface area contributed by atoms with Gasteiger partial charge in [0.2, 0.25) is 0 Å². The van der Waals surface area contributed by atoms with Crippen LogP contribution in [-0.2, 0) is 0 Å². The molecule has 3 N–H and O–H groups in total. The maximum atomic E-state index is 6.56. The minimum absolute atomic E-state index is 0.200. The van der Waals surface area contributed by atoms with Gasteiger partial charge in [0.25, 0.3) is 0 Å². The van der Waals surface area contributed by atoms with Crippen LogP contribution >= 0.6 is 11.6 Å². The standard InChI is InChI=1S/C23H26ClN3/c24-19-12-10-18(11-13-19)22(27-14-3-4-15-27)16-26-23(25)21-9-5-7-17-6-1-2-8-20(17)21/h1-2,5-13,22-23,26H,3-4,14-16,25H2. The zero-order chi connectivity index (χ0) is 18.6. The van der Waals surface area contributed by atoms with Gasteiger partial charge in [0.05, 0.1) is 6.17 Å². The van der Waals surface area contributed by atoms with Crippen LogP contribution in [0.25, 0.3) is 10.8 Å². The van der Waals surface area contributed by atoms with Gasteiger partial charge >= 0.3 is 0 Å². The molecule has 4 heteroatoms. The van der Waals surface area contributed by atoms with Gasteiger partial charge in [-0.3, -0.25) is 10.2 Å². The molecule has 140 valence electrons. The zero-order valence-electron chi connectivity index (χ0n) is 15.4. The molecule has 3 aromatic carbocycles. The van der Waals surface area contributed by atoms with Gasteiger partial charge in [0.1, 0.15) is 0 Å². The molecule has 1 aliphatic heterocycles. The molecule has 0 saturated carbocycles. The molecular formula is C23H26ClN3. The Morgan fingerprint density at radius 2 is 1.63 bits per heavy atom. The number of hydrogen-bond acceptors (Lipinski definition) is 3. The summed E-state index contributed by atoms with van der Waals surface area (Å²) in [4.78, 5) is 2.55. The fourth-order valence-electron chi connectivity index (χ4n) is 4.07. The quantitative estimate of drug-likeness (QED) is 0.600. The first-order valence-electron chi connectivity index (χ1n) is 9.68. The van der Waals surface area contributed by atoms with Gasteiger partial charge in [-0.15, -0.1) is 0 Å². The van der Waals surface area contributed by atoms with E-state index in [2.05, 4.69) is 64.8 Å². The molecule has 3 aromatic rings. The number of fused-ring (bicyclic) bond motifs is 1. The van der Waals surface area contributed by atoms with Crippen LogP contribution in [0.5, 0.6) is 0 Å². The number of nitrogens with two attached hydrogens (primary N) is 1. The van der Waals surface area contributed by atoms with Crippen molar-refractivity contribution in [1.82, 2.24) is 10.2 Å². The van der Waals surface area contributed by atoms with Gasteiger partial charge in [-0.2, -0.15) is 0 Å². The summed E-state index contributed by atoms with van der Waals surface area (Å²) in [5.74, 6) is 0. The third kappa shape index (κ3) is 4.17. The lowest BCUT2D eigenvalue weighted by Gasteiger charge is -2.30. The molecule has 1 saturated heterocycles. The first kappa shape index (κ1) is 18.5. The van der Waals surface area contributed by atoms with Gasteiger partial charge < -0.3 is 5.73 Å². The van der Waals surface area contributed by atoms with Gasteiger partial charge in [-0.1, -0.05) is 66.2 Å². The van der Waals surface area contributed by atoms with Crippen LogP contribution in [0.3, 0.4) is 0 Å². The molecular weight excluding hydrogens is 354 g/mol. The van der Waals surface area contributed by atoms with Gasteiger partial charge in [-0.05, 0) is 60.0 Å². The minimum atomic E-state index is -0.200. The van der Waals surface area contributed by atoms with E-state index in [-0.39, 0.29) is 6.17 Å². The Morgan fingerprint density at radius 1 is 0.926 bits per heavy atom. The predicted molar refractivity (Wildman–Crippen MR) is 114 cm³/mol. The number of benzene rings is 3. The SMILES string of the molecule is NC(NCC(c1ccc(Cl)cc1)N1CCCC1)c1cccc2ccccc12. The van der Waals surface area contributed by atoms with E-state index in [1.54, 1.807) is 0 Å². The first-order valence-corrected chi connectivity index (χ1v) is 10.1. The third-order valence-corrected chi connectivity index (χ3v) is 5.78. The highest BCUT2D eigenvalue weighted by Gasteiger charge is 2.24. The normalized spacial score (nSPS) is 17.3. The Balaban J connectivity index is 1.53. The second-order valence-electron chi connectivity index (χ2n) is 7.26. The van der Waals surface area contributed by atoms with Crippen LogP contribution in [-0.4, -0.2) is 24.5 Å². The van der Waals surface area contributed by atoms with Crippen LogP contribution < -0.4 is 11.1 Å². The molecule has 27 heavy (non-hydrogen) atoms. The van der Waals surface area contributed by atoms with Crippen molar-refractivity contribution in [2.24, 2.45) is 5.73 Å². The summed E-state index contributed by atoms with van der Waals surface area (Å²) in [6.07, 6.45) is 2.33. The molecule has 0 radical (unpaired) electrons. The van der Waals surface area contributed by atoms with Gasteiger partial charge in [0, 0.05) is 17.6 Å². The molecule has 0 amide bonds. The van der Waals surface area contributed by atoms with E-state index in [4.69, 9.17) is 17.3 Å². The fourth-order valence-corrected chi connectivity index (χ4v) is 4.19. The minimum Gasteiger partial charge on any atom is -0.312 e. The largest absolute Gasteiger partial charge is 0.312 e. The lowest BCUT2D eigenvalue weighted by atomic mass is 10.0. The van der Waals surface area contributed by atoms with Crippen molar-refractivity contribution < 1.29 is 0 Å². The Morgan fingerprint density at radius 3 is 2.41 bits per heavy atom. The van der Waals surface area contributed by atoms with Crippen molar-refractivity contribution in [3.05, 3.63) is 82.9 Å². The third-order valence-electron chi connectivity index (χ3n) is 5.53. The summed E-state index contributed by atoms with van der Waals surface area (Å²) in [5.41, 5.74) is 8.99. The maximum absolute atomic E-state index is 6.56. The number of nitrogens with zero attached hydrogens (tertiary/aromatic N) is 1.